The molecule has 1 unspecified atom stereocenters. The number of pyridine rings is 1. The molecule has 0 aliphatic rings. The van der Waals surface area contributed by atoms with Gasteiger partial charge >= 0.3 is 6.18 Å². The highest BCUT2D eigenvalue weighted by Crippen LogP contribution is 2.26. The number of rotatable bonds is 4. The summed E-state index contributed by atoms with van der Waals surface area (Å²) in [6.07, 6.45) is -3.97. The van der Waals surface area contributed by atoms with Crippen LogP contribution in [0, 0.1) is 0 Å². The van der Waals surface area contributed by atoms with Gasteiger partial charge in [-0.2, -0.15) is 13.2 Å². The summed E-state index contributed by atoms with van der Waals surface area (Å²) in [6.45, 7) is 1.26. The van der Waals surface area contributed by atoms with E-state index in [1.165, 1.54) is 6.92 Å². The van der Waals surface area contributed by atoms with E-state index in [0.29, 0.717) is 11.6 Å². The van der Waals surface area contributed by atoms with Gasteiger partial charge in [-0.3, -0.25) is 9.59 Å². The number of nitrogens with one attached hydrogen (secondary N) is 2. The number of aromatic nitrogens is 1. The van der Waals surface area contributed by atoms with Crippen molar-refractivity contribution < 1.29 is 23.1 Å². The Labute approximate surface area is 135 Å². The molecule has 5 nitrogen and oxygen atoms in total. The fourth-order valence-electron chi connectivity index (χ4n) is 2.08. The third kappa shape index (κ3) is 4.02. The predicted molar refractivity (Wildman–Crippen MR) is 80.4 cm³/mol. The first-order valence-electron chi connectivity index (χ1n) is 6.97. The predicted octanol–water partition coefficient (Wildman–Crippen LogP) is 2.03. The molecule has 0 bridgehead atoms. The Morgan fingerprint density at radius 3 is 2.46 bits per heavy atom. The Bertz CT molecular complexity index is 783. The van der Waals surface area contributed by atoms with Crippen molar-refractivity contribution in [2.75, 3.05) is 6.54 Å². The van der Waals surface area contributed by atoms with Crippen LogP contribution in [0.25, 0.3) is 0 Å². The Hall–Kier alpha value is -2.61. The largest absolute Gasteiger partial charge is 0.421 e. The van der Waals surface area contributed by atoms with Crippen LogP contribution in [0.4, 0.5) is 13.2 Å². The molecule has 0 aliphatic heterocycles. The molecule has 1 aromatic heterocycles. The van der Waals surface area contributed by atoms with Crippen LogP contribution in [0.1, 0.15) is 28.4 Å². The molecular formula is C16H15F3N2O3. The molecule has 1 heterocycles. The van der Waals surface area contributed by atoms with Crippen molar-refractivity contribution in [2.24, 2.45) is 0 Å². The van der Waals surface area contributed by atoms with Crippen LogP contribution < -0.4 is 10.9 Å². The van der Waals surface area contributed by atoms with Gasteiger partial charge in [-0.15, -0.1) is 0 Å². The SMILES string of the molecule is CC(O)(CNC(=O)c1c[nH]c(=O)c(C(F)(F)F)c1)c1ccccc1. The summed E-state index contributed by atoms with van der Waals surface area (Å²) in [5.74, 6) is -0.840. The minimum atomic E-state index is -4.86. The molecule has 0 radical (unpaired) electrons. The van der Waals surface area contributed by atoms with E-state index >= 15 is 0 Å². The van der Waals surface area contributed by atoms with Crippen LogP contribution in [-0.4, -0.2) is 22.5 Å². The van der Waals surface area contributed by atoms with Crippen LogP contribution in [-0.2, 0) is 11.8 Å². The maximum Gasteiger partial charge on any atom is 0.421 e. The molecule has 8 heteroatoms. The van der Waals surface area contributed by atoms with E-state index in [0.717, 1.165) is 6.20 Å². The molecule has 24 heavy (non-hydrogen) atoms. The highest BCUT2D eigenvalue weighted by Gasteiger charge is 2.34. The molecule has 1 amide bonds. The lowest BCUT2D eigenvalue weighted by Crippen LogP contribution is -2.39. The number of aromatic amines is 1. The lowest BCUT2D eigenvalue weighted by Gasteiger charge is -2.24. The van der Waals surface area contributed by atoms with E-state index in [2.05, 4.69) is 5.32 Å². The van der Waals surface area contributed by atoms with Crippen molar-refractivity contribution in [3.63, 3.8) is 0 Å². The van der Waals surface area contributed by atoms with Crippen LogP contribution in [0.3, 0.4) is 0 Å². The van der Waals surface area contributed by atoms with Crippen LogP contribution >= 0.6 is 0 Å². The zero-order chi connectivity index (χ0) is 18.0. The fourth-order valence-corrected chi connectivity index (χ4v) is 2.08. The Balaban J connectivity index is 2.15. The van der Waals surface area contributed by atoms with Crippen molar-refractivity contribution in [1.29, 1.82) is 0 Å². The van der Waals surface area contributed by atoms with Gasteiger partial charge in [-0.05, 0) is 18.6 Å². The number of aliphatic hydroxyl groups is 1. The zero-order valence-corrected chi connectivity index (χ0v) is 12.6. The van der Waals surface area contributed by atoms with E-state index < -0.39 is 28.8 Å². The molecular weight excluding hydrogens is 325 g/mol. The number of carbonyl (C=O) groups excluding carboxylic acids is 1. The third-order valence-electron chi connectivity index (χ3n) is 3.46. The maximum atomic E-state index is 12.7. The van der Waals surface area contributed by atoms with Gasteiger partial charge in [-0.1, -0.05) is 30.3 Å². The average molecular weight is 340 g/mol. The van der Waals surface area contributed by atoms with Crippen LogP contribution in [0.2, 0.25) is 0 Å². The number of hydrogen-bond donors (Lipinski definition) is 3. The summed E-state index contributed by atoms with van der Waals surface area (Å²) in [4.78, 5) is 25.1. The van der Waals surface area contributed by atoms with Crippen LogP contribution in [0.5, 0.6) is 0 Å². The van der Waals surface area contributed by atoms with Gasteiger partial charge in [0.1, 0.15) is 11.2 Å². The first kappa shape index (κ1) is 17.7. The standard InChI is InChI=1S/C16H15F3N2O3/c1-15(24,11-5-3-2-4-6-11)9-21-13(22)10-7-12(16(17,18)19)14(23)20-8-10/h2-8,24H,9H2,1H3,(H,20,23)(H,21,22). The number of benzene rings is 1. The minimum absolute atomic E-state index is 0.212. The van der Waals surface area contributed by atoms with Crippen molar-refractivity contribution in [1.82, 2.24) is 10.3 Å². The topological polar surface area (TPSA) is 82.2 Å². The van der Waals surface area contributed by atoms with Crippen molar-refractivity contribution >= 4 is 5.91 Å². The van der Waals surface area contributed by atoms with Gasteiger partial charge in [0.15, 0.2) is 0 Å². The van der Waals surface area contributed by atoms with Crippen molar-refractivity contribution in [2.45, 2.75) is 18.7 Å². The molecule has 0 saturated heterocycles. The van der Waals surface area contributed by atoms with Crippen molar-refractivity contribution in [3.8, 4) is 0 Å². The summed E-state index contributed by atoms with van der Waals surface area (Å²) in [7, 11) is 0. The zero-order valence-electron chi connectivity index (χ0n) is 12.6. The molecule has 128 valence electrons. The highest BCUT2D eigenvalue weighted by atomic mass is 19.4. The minimum Gasteiger partial charge on any atom is -0.384 e. The number of carbonyl (C=O) groups is 1. The van der Waals surface area contributed by atoms with Gasteiger partial charge in [0.05, 0.1) is 12.1 Å². The number of amides is 1. The normalized spacial score (nSPS) is 14.0. The summed E-state index contributed by atoms with van der Waals surface area (Å²) in [5.41, 5.74) is -3.99. The van der Waals surface area contributed by atoms with Gasteiger partial charge in [-0.25, -0.2) is 0 Å². The Morgan fingerprint density at radius 2 is 1.88 bits per heavy atom. The number of hydrogen-bond acceptors (Lipinski definition) is 3. The average Bonchev–Trinajstić information content (AvgIpc) is 2.53. The Kier molecular flexibility index (Phi) is 4.79. The molecule has 2 rings (SSSR count). The second-order valence-electron chi connectivity index (χ2n) is 5.45. The molecule has 0 fully saturated rings. The molecule has 0 saturated carbocycles. The van der Waals surface area contributed by atoms with Gasteiger partial charge in [0.2, 0.25) is 0 Å². The lowest BCUT2D eigenvalue weighted by atomic mass is 9.96. The second kappa shape index (κ2) is 6.48. The smallest absolute Gasteiger partial charge is 0.384 e. The first-order valence-corrected chi connectivity index (χ1v) is 6.97. The number of halogens is 3. The lowest BCUT2D eigenvalue weighted by molar-refractivity contribution is -0.138. The summed E-state index contributed by atoms with van der Waals surface area (Å²) in [6, 6.07) is 8.98. The second-order valence-corrected chi connectivity index (χ2v) is 5.45. The van der Waals surface area contributed by atoms with Gasteiger partial charge < -0.3 is 15.4 Å². The van der Waals surface area contributed by atoms with E-state index in [9.17, 15) is 27.9 Å². The third-order valence-corrected chi connectivity index (χ3v) is 3.46. The molecule has 1 aromatic carbocycles. The van der Waals surface area contributed by atoms with E-state index in [-0.39, 0.29) is 12.1 Å². The molecule has 2 aromatic rings. The summed E-state index contributed by atoms with van der Waals surface area (Å²) < 4.78 is 38.1. The summed E-state index contributed by atoms with van der Waals surface area (Å²) in [5, 5.41) is 12.7. The quantitative estimate of drug-likeness (QED) is 0.796. The van der Waals surface area contributed by atoms with E-state index in [4.69, 9.17) is 0 Å². The highest BCUT2D eigenvalue weighted by molar-refractivity contribution is 5.94. The molecule has 0 spiro atoms. The summed E-state index contributed by atoms with van der Waals surface area (Å²) >= 11 is 0. The monoisotopic (exact) mass is 340 g/mol. The van der Waals surface area contributed by atoms with E-state index in [1.807, 2.05) is 4.98 Å². The van der Waals surface area contributed by atoms with Gasteiger partial charge in [0, 0.05) is 6.20 Å². The maximum absolute atomic E-state index is 12.7. The van der Waals surface area contributed by atoms with Gasteiger partial charge in [0.25, 0.3) is 11.5 Å². The van der Waals surface area contributed by atoms with E-state index in [1.54, 1.807) is 30.3 Å². The number of H-pyrrole nitrogens is 1. The number of alkyl halides is 3. The fraction of sp³-hybridized carbons (Fsp3) is 0.250. The van der Waals surface area contributed by atoms with Crippen molar-refractivity contribution in [3.05, 3.63) is 69.6 Å². The molecule has 3 N–H and O–H groups in total. The first-order chi connectivity index (χ1) is 11.1. The molecule has 0 aliphatic carbocycles. The van der Waals surface area contributed by atoms with Crippen LogP contribution in [0.15, 0.2) is 47.4 Å². The Morgan fingerprint density at radius 1 is 1.25 bits per heavy atom. The molecule has 1 atom stereocenters.